The second kappa shape index (κ2) is 9.26. The molecule has 2 aromatic heterocycles. The van der Waals surface area contributed by atoms with E-state index in [9.17, 15) is 9.59 Å². The molecular weight excluding hydrogens is 442 g/mol. The molecule has 0 unspecified atom stereocenters. The van der Waals surface area contributed by atoms with Crippen LogP contribution in [0.1, 0.15) is 33.2 Å². The minimum Gasteiger partial charge on any atom is -0.462 e. The number of hydrogen-bond acceptors (Lipinski definition) is 6. The Bertz CT molecular complexity index is 1540. The van der Waals surface area contributed by atoms with Crippen molar-refractivity contribution in [3.8, 4) is 5.69 Å². The maximum Gasteiger partial charge on any atom is 0.338 e. The van der Waals surface area contributed by atoms with Gasteiger partial charge in [0.1, 0.15) is 16.9 Å². The zero-order valence-electron chi connectivity index (χ0n) is 19.1. The van der Waals surface area contributed by atoms with Crippen LogP contribution in [0.2, 0.25) is 0 Å². The number of hydrogen-bond donors (Lipinski definition) is 2. The second-order valence-corrected chi connectivity index (χ2v) is 7.92. The summed E-state index contributed by atoms with van der Waals surface area (Å²) >= 11 is 0. The molecule has 1 amide bonds. The largest absolute Gasteiger partial charge is 0.462 e. The lowest BCUT2D eigenvalue weighted by molar-refractivity contribution is 0.0526. The van der Waals surface area contributed by atoms with Gasteiger partial charge in [-0.15, -0.1) is 0 Å². The fourth-order valence-corrected chi connectivity index (χ4v) is 3.97. The molecule has 0 saturated carbocycles. The first-order valence-corrected chi connectivity index (χ1v) is 11.2. The molecule has 3 N–H and O–H groups in total. The summed E-state index contributed by atoms with van der Waals surface area (Å²) in [4.78, 5) is 34.9. The van der Waals surface area contributed by atoms with Crippen LogP contribution in [0.5, 0.6) is 0 Å². The van der Waals surface area contributed by atoms with Crippen molar-refractivity contribution in [3.05, 3.63) is 95.6 Å². The van der Waals surface area contributed by atoms with Crippen LogP contribution < -0.4 is 11.1 Å². The van der Waals surface area contributed by atoms with Gasteiger partial charge in [0, 0.05) is 12.2 Å². The lowest BCUT2D eigenvalue weighted by Crippen LogP contribution is -2.24. The molecule has 174 valence electrons. The van der Waals surface area contributed by atoms with Crippen molar-refractivity contribution in [2.75, 3.05) is 12.3 Å². The van der Waals surface area contributed by atoms with E-state index < -0.39 is 5.97 Å². The summed E-state index contributed by atoms with van der Waals surface area (Å²) in [5.41, 5.74) is 11.0. The molecule has 0 atom stereocenters. The summed E-state index contributed by atoms with van der Waals surface area (Å²) in [5.74, 6) is -0.538. The molecule has 0 fully saturated rings. The van der Waals surface area contributed by atoms with E-state index in [0.29, 0.717) is 46.6 Å². The second-order valence-electron chi connectivity index (χ2n) is 7.92. The number of amides is 1. The number of aromatic nitrogens is 3. The van der Waals surface area contributed by atoms with Crippen molar-refractivity contribution in [2.45, 2.75) is 13.5 Å². The number of para-hydroxylation sites is 2. The molecule has 0 aliphatic rings. The molecular formula is C27H23N5O3. The molecule has 35 heavy (non-hydrogen) atoms. The fraction of sp³-hybridized carbons (Fsp3) is 0.111. The lowest BCUT2D eigenvalue weighted by atomic mass is 10.2. The number of anilines is 1. The van der Waals surface area contributed by atoms with E-state index in [1.807, 2.05) is 54.6 Å². The monoisotopic (exact) mass is 465 g/mol. The van der Waals surface area contributed by atoms with Crippen molar-refractivity contribution in [3.63, 3.8) is 0 Å². The number of nitrogen functional groups attached to an aromatic ring is 1. The minimum atomic E-state index is -0.406. The van der Waals surface area contributed by atoms with Crippen molar-refractivity contribution in [1.82, 2.24) is 19.9 Å². The Balaban J connectivity index is 1.62. The Labute approximate surface area is 201 Å². The van der Waals surface area contributed by atoms with E-state index in [1.165, 1.54) is 0 Å². The van der Waals surface area contributed by atoms with Gasteiger partial charge in [0.2, 0.25) is 0 Å². The number of nitrogens with zero attached hydrogens (tertiary/aromatic N) is 3. The SMILES string of the molecule is CCOC(=O)c1ccc(-n2c(N)c(C(=O)NCc3ccccc3)c3nc4ccccc4nc32)cc1. The average molecular weight is 466 g/mol. The maximum absolute atomic E-state index is 13.3. The molecule has 5 aromatic rings. The van der Waals surface area contributed by atoms with Gasteiger partial charge >= 0.3 is 5.97 Å². The number of fused-ring (bicyclic) bond motifs is 2. The highest BCUT2D eigenvalue weighted by molar-refractivity contribution is 6.11. The highest BCUT2D eigenvalue weighted by Gasteiger charge is 2.25. The summed E-state index contributed by atoms with van der Waals surface area (Å²) in [6.45, 7) is 2.40. The van der Waals surface area contributed by atoms with Gasteiger partial charge in [0.15, 0.2) is 5.65 Å². The predicted octanol–water partition coefficient (Wildman–Crippen LogP) is 4.26. The van der Waals surface area contributed by atoms with Gasteiger partial charge in [-0.05, 0) is 48.9 Å². The van der Waals surface area contributed by atoms with Gasteiger partial charge < -0.3 is 15.8 Å². The molecule has 0 saturated heterocycles. The molecule has 5 rings (SSSR count). The molecule has 0 aliphatic carbocycles. The molecule has 8 nitrogen and oxygen atoms in total. The zero-order chi connectivity index (χ0) is 24.4. The Kier molecular flexibility index (Phi) is 5.85. The van der Waals surface area contributed by atoms with Crippen LogP contribution in [-0.4, -0.2) is 33.0 Å². The minimum absolute atomic E-state index is 0.213. The zero-order valence-corrected chi connectivity index (χ0v) is 19.1. The van der Waals surface area contributed by atoms with Crippen LogP contribution in [0.4, 0.5) is 5.82 Å². The Morgan fingerprint density at radius 2 is 1.57 bits per heavy atom. The highest BCUT2D eigenvalue weighted by atomic mass is 16.5. The van der Waals surface area contributed by atoms with Gasteiger partial charge in [-0.3, -0.25) is 9.36 Å². The number of rotatable bonds is 6. The molecule has 0 aliphatic heterocycles. The smallest absolute Gasteiger partial charge is 0.338 e. The fourth-order valence-electron chi connectivity index (χ4n) is 3.97. The number of esters is 1. The number of carbonyl (C=O) groups is 2. The van der Waals surface area contributed by atoms with E-state index in [4.69, 9.17) is 20.4 Å². The summed E-state index contributed by atoms with van der Waals surface area (Å²) in [7, 11) is 0. The highest BCUT2D eigenvalue weighted by Crippen LogP contribution is 2.31. The predicted molar refractivity (Wildman–Crippen MR) is 134 cm³/mol. The van der Waals surface area contributed by atoms with E-state index in [1.54, 1.807) is 35.8 Å². The van der Waals surface area contributed by atoms with Crippen molar-refractivity contribution in [2.24, 2.45) is 0 Å². The van der Waals surface area contributed by atoms with Gasteiger partial charge in [0.25, 0.3) is 5.91 Å². The van der Waals surface area contributed by atoms with E-state index in [-0.39, 0.29) is 17.3 Å². The van der Waals surface area contributed by atoms with Crippen LogP contribution in [0.15, 0.2) is 78.9 Å². The average Bonchev–Trinajstić information content (AvgIpc) is 3.17. The van der Waals surface area contributed by atoms with E-state index in [2.05, 4.69) is 5.32 Å². The van der Waals surface area contributed by atoms with Crippen LogP contribution in [-0.2, 0) is 11.3 Å². The number of nitrogens with two attached hydrogens (primary N) is 1. The summed E-state index contributed by atoms with van der Waals surface area (Å²) in [5, 5.41) is 2.94. The Hall–Kier alpha value is -4.72. The van der Waals surface area contributed by atoms with Crippen LogP contribution >= 0.6 is 0 Å². The number of ether oxygens (including phenoxy) is 1. The first-order valence-electron chi connectivity index (χ1n) is 11.2. The Morgan fingerprint density at radius 3 is 2.26 bits per heavy atom. The lowest BCUT2D eigenvalue weighted by Gasteiger charge is -2.09. The van der Waals surface area contributed by atoms with Gasteiger partial charge in [-0.25, -0.2) is 14.8 Å². The van der Waals surface area contributed by atoms with Gasteiger partial charge in [-0.2, -0.15) is 0 Å². The van der Waals surface area contributed by atoms with Crippen LogP contribution in [0.3, 0.4) is 0 Å². The molecule has 0 spiro atoms. The van der Waals surface area contributed by atoms with Crippen LogP contribution in [0, 0.1) is 0 Å². The molecule has 0 radical (unpaired) electrons. The first kappa shape index (κ1) is 22.1. The van der Waals surface area contributed by atoms with Gasteiger partial charge in [0.05, 0.1) is 23.2 Å². The summed E-state index contributed by atoms with van der Waals surface area (Å²) in [6.07, 6.45) is 0. The first-order chi connectivity index (χ1) is 17.1. The third-order valence-corrected chi connectivity index (χ3v) is 5.66. The molecule has 3 aromatic carbocycles. The van der Waals surface area contributed by atoms with Gasteiger partial charge in [-0.1, -0.05) is 42.5 Å². The van der Waals surface area contributed by atoms with Crippen molar-refractivity contribution >= 4 is 39.9 Å². The van der Waals surface area contributed by atoms with E-state index >= 15 is 0 Å². The summed E-state index contributed by atoms with van der Waals surface area (Å²) in [6, 6.07) is 23.9. The Morgan fingerprint density at radius 1 is 0.914 bits per heavy atom. The topological polar surface area (TPSA) is 112 Å². The summed E-state index contributed by atoms with van der Waals surface area (Å²) < 4.78 is 6.75. The third kappa shape index (κ3) is 4.17. The number of carbonyl (C=O) groups excluding carboxylic acids is 2. The number of nitrogens with one attached hydrogen (secondary N) is 1. The number of benzene rings is 3. The van der Waals surface area contributed by atoms with Crippen molar-refractivity contribution < 1.29 is 14.3 Å². The molecule has 0 bridgehead atoms. The van der Waals surface area contributed by atoms with Crippen LogP contribution in [0.25, 0.3) is 27.9 Å². The maximum atomic E-state index is 13.3. The molecule has 2 heterocycles. The molecule has 8 heteroatoms. The quantitative estimate of drug-likeness (QED) is 0.362. The standard InChI is InChI=1S/C27H23N5O3/c1-2-35-27(34)18-12-14-19(15-13-18)32-24(28)22(26(33)29-16-17-8-4-3-5-9-17)23-25(32)31-21-11-7-6-10-20(21)30-23/h3-15H,2,16,28H2,1H3,(H,29,33). The van der Waals surface area contributed by atoms with Crippen molar-refractivity contribution in [1.29, 1.82) is 0 Å². The third-order valence-electron chi connectivity index (χ3n) is 5.66. The normalized spacial score (nSPS) is 11.0. The van der Waals surface area contributed by atoms with E-state index in [0.717, 1.165) is 5.56 Å².